The fourth-order valence-corrected chi connectivity index (χ4v) is 4.98. The van der Waals surface area contributed by atoms with Crippen molar-refractivity contribution in [1.29, 1.82) is 0 Å². The lowest BCUT2D eigenvalue weighted by molar-refractivity contribution is 0.101. The average molecular weight is 373 g/mol. The van der Waals surface area contributed by atoms with E-state index < -0.39 is 10.0 Å². The Morgan fingerprint density at radius 2 is 1.80 bits per heavy atom. The maximum absolute atomic E-state index is 12.5. The summed E-state index contributed by atoms with van der Waals surface area (Å²) in [5.74, 6) is -0.0883. The normalized spacial score (nSPS) is 13.0. The van der Waals surface area contributed by atoms with Gasteiger partial charge in [-0.2, -0.15) is 0 Å². The number of hydrogen-bond donors (Lipinski definition) is 1. The largest absolute Gasteiger partial charge is 0.295 e. The molecule has 4 nitrogen and oxygen atoms in total. The number of hydrogen-bond acceptors (Lipinski definition) is 4. The van der Waals surface area contributed by atoms with Gasteiger partial charge in [0.1, 0.15) is 0 Å². The Hall–Kier alpha value is -2.02. The number of ketones is 1. The van der Waals surface area contributed by atoms with Crippen LogP contribution >= 0.6 is 11.3 Å². The standard InChI is InChI=1S/C19H19NO3S2/c1-13(11-16-12-24-19-6-4-3-5-18(16)19)20-25(22,23)17-9-7-15(8-10-17)14(2)21/h3-10,12-13,20H,11H2,1-2H3. The number of carbonyl (C=O) groups is 1. The van der Waals surface area contributed by atoms with Crippen molar-refractivity contribution in [2.75, 3.05) is 0 Å². The molecule has 1 atom stereocenters. The second kappa shape index (κ2) is 7.07. The van der Waals surface area contributed by atoms with E-state index in [0.717, 1.165) is 5.56 Å². The Balaban J connectivity index is 1.75. The molecular weight excluding hydrogens is 354 g/mol. The zero-order chi connectivity index (χ0) is 18.0. The van der Waals surface area contributed by atoms with Gasteiger partial charge in [-0.25, -0.2) is 13.1 Å². The molecule has 0 aliphatic rings. The number of benzene rings is 2. The molecule has 0 saturated heterocycles. The molecule has 3 rings (SSSR count). The number of Topliss-reactive ketones (excluding diaryl/α,β-unsaturated/α-hetero) is 1. The Labute approximate surface area is 151 Å². The van der Waals surface area contributed by atoms with Gasteiger partial charge >= 0.3 is 0 Å². The van der Waals surface area contributed by atoms with Crippen molar-refractivity contribution < 1.29 is 13.2 Å². The number of carbonyl (C=O) groups excluding carboxylic acids is 1. The topological polar surface area (TPSA) is 63.2 Å². The van der Waals surface area contributed by atoms with Crippen molar-refractivity contribution in [2.24, 2.45) is 0 Å². The van der Waals surface area contributed by atoms with Crippen LogP contribution in [0.5, 0.6) is 0 Å². The third-order valence-corrected chi connectivity index (χ3v) is 6.63. The zero-order valence-corrected chi connectivity index (χ0v) is 15.7. The summed E-state index contributed by atoms with van der Waals surface area (Å²) in [5, 5.41) is 3.25. The Morgan fingerprint density at radius 1 is 1.12 bits per heavy atom. The molecule has 0 aliphatic heterocycles. The van der Waals surface area contributed by atoms with Crippen LogP contribution in [-0.2, 0) is 16.4 Å². The van der Waals surface area contributed by atoms with E-state index in [4.69, 9.17) is 0 Å². The smallest absolute Gasteiger partial charge is 0.240 e. The molecule has 1 unspecified atom stereocenters. The van der Waals surface area contributed by atoms with E-state index in [0.29, 0.717) is 12.0 Å². The van der Waals surface area contributed by atoms with Gasteiger partial charge < -0.3 is 0 Å². The first kappa shape index (κ1) is 17.8. The minimum Gasteiger partial charge on any atom is -0.295 e. The Bertz CT molecular complexity index is 1000. The van der Waals surface area contributed by atoms with Gasteiger partial charge in [0.2, 0.25) is 10.0 Å². The predicted molar refractivity (Wildman–Crippen MR) is 102 cm³/mol. The summed E-state index contributed by atoms with van der Waals surface area (Å²) in [6.07, 6.45) is 0.620. The van der Waals surface area contributed by atoms with Crippen molar-refractivity contribution in [1.82, 2.24) is 4.72 Å². The van der Waals surface area contributed by atoms with Crippen molar-refractivity contribution >= 4 is 37.2 Å². The summed E-state index contributed by atoms with van der Waals surface area (Å²) < 4.78 is 29.0. The second-order valence-electron chi connectivity index (χ2n) is 6.06. The molecule has 25 heavy (non-hydrogen) atoms. The maximum atomic E-state index is 12.5. The van der Waals surface area contributed by atoms with Gasteiger partial charge in [0.25, 0.3) is 0 Å². The summed E-state index contributed by atoms with van der Waals surface area (Å²) in [5.41, 5.74) is 1.64. The number of sulfonamides is 1. The molecule has 0 amide bonds. The van der Waals surface area contributed by atoms with Crippen LogP contribution < -0.4 is 4.72 Å². The Morgan fingerprint density at radius 3 is 2.48 bits per heavy atom. The van der Waals surface area contributed by atoms with Gasteiger partial charge in [0.05, 0.1) is 4.90 Å². The summed E-state index contributed by atoms with van der Waals surface area (Å²) in [4.78, 5) is 11.5. The van der Waals surface area contributed by atoms with E-state index in [1.54, 1.807) is 11.3 Å². The molecule has 130 valence electrons. The molecular formula is C19H19NO3S2. The predicted octanol–water partition coefficient (Wildman–Crippen LogP) is 4.01. The molecule has 1 aromatic heterocycles. The minimum absolute atomic E-state index is 0.0883. The number of nitrogens with one attached hydrogen (secondary N) is 1. The highest BCUT2D eigenvalue weighted by Crippen LogP contribution is 2.26. The van der Waals surface area contributed by atoms with Crippen molar-refractivity contribution in [2.45, 2.75) is 31.2 Å². The quantitative estimate of drug-likeness (QED) is 0.664. The van der Waals surface area contributed by atoms with Crippen LogP contribution in [0.25, 0.3) is 10.1 Å². The molecule has 0 saturated carbocycles. The van der Waals surface area contributed by atoms with Crippen LogP contribution in [0.15, 0.2) is 58.8 Å². The fourth-order valence-electron chi connectivity index (χ4n) is 2.76. The van der Waals surface area contributed by atoms with Crippen LogP contribution in [0.2, 0.25) is 0 Å². The van der Waals surface area contributed by atoms with Crippen molar-refractivity contribution in [3.05, 3.63) is 65.0 Å². The van der Waals surface area contributed by atoms with Crippen molar-refractivity contribution in [3.63, 3.8) is 0 Å². The van der Waals surface area contributed by atoms with Gasteiger partial charge in [0.15, 0.2) is 5.78 Å². The van der Waals surface area contributed by atoms with Gasteiger partial charge in [-0.1, -0.05) is 30.3 Å². The van der Waals surface area contributed by atoms with Gasteiger partial charge in [-0.05, 0) is 54.8 Å². The molecule has 1 heterocycles. The molecule has 3 aromatic rings. The summed E-state index contributed by atoms with van der Waals surface area (Å²) in [6.45, 7) is 3.31. The summed E-state index contributed by atoms with van der Waals surface area (Å²) in [6, 6.07) is 13.9. The molecule has 0 spiro atoms. The zero-order valence-electron chi connectivity index (χ0n) is 14.0. The molecule has 1 N–H and O–H groups in total. The van der Waals surface area contributed by atoms with E-state index >= 15 is 0 Å². The molecule has 6 heteroatoms. The second-order valence-corrected chi connectivity index (χ2v) is 8.69. The molecule has 2 aromatic carbocycles. The highest BCUT2D eigenvalue weighted by molar-refractivity contribution is 7.89. The summed E-state index contributed by atoms with van der Waals surface area (Å²) >= 11 is 1.67. The highest BCUT2D eigenvalue weighted by Gasteiger charge is 2.18. The van der Waals surface area contributed by atoms with E-state index in [-0.39, 0.29) is 16.7 Å². The number of thiophene rings is 1. The first-order valence-electron chi connectivity index (χ1n) is 7.95. The SMILES string of the molecule is CC(=O)c1ccc(S(=O)(=O)NC(C)Cc2csc3ccccc23)cc1. The third kappa shape index (κ3) is 3.98. The monoisotopic (exact) mass is 373 g/mol. The minimum atomic E-state index is -3.62. The fraction of sp³-hybridized carbons (Fsp3) is 0.211. The lowest BCUT2D eigenvalue weighted by Crippen LogP contribution is -2.34. The van der Waals surface area contributed by atoms with Crippen LogP contribution in [0.1, 0.15) is 29.8 Å². The van der Waals surface area contributed by atoms with E-state index in [2.05, 4.69) is 22.2 Å². The Kier molecular flexibility index (Phi) is 5.03. The summed E-state index contributed by atoms with van der Waals surface area (Å²) in [7, 11) is -3.62. The average Bonchev–Trinajstić information content (AvgIpc) is 2.97. The van der Waals surface area contributed by atoms with Crippen LogP contribution in [0.4, 0.5) is 0 Å². The molecule has 0 aliphatic carbocycles. The van der Waals surface area contributed by atoms with Crippen molar-refractivity contribution in [3.8, 4) is 0 Å². The number of rotatable bonds is 6. The van der Waals surface area contributed by atoms with Crippen LogP contribution in [-0.4, -0.2) is 20.2 Å². The molecule has 0 bridgehead atoms. The van der Waals surface area contributed by atoms with E-state index in [9.17, 15) is 13.2 Å². The third-order valence-electron chi connectivity index (χ3n) is 4.01. The van der Waals surface area contributed by atoms with Gasteiger partial charge in [-0.15, -0.1) is 11.3 Å². The highest BCUT2D eigenvalue weighted by atomic mass is 32.2. The van der Waals surface area contributed by atoms with Crippen LogP contribution in [0.3, 0.4) is 0 Å². The number of fused-ring (bicyclic) bond motifs is 1. The van der Waals surface area contributed by atoms with E-state index in [1.807, 2.05) is 19.1 Å². The first-order valence-corrected chi connectivity index (χ1v) is 10.3. The molecule has 0 fully saturated rings. The maximum Gasteiger partial charge on any atom is 0.240 e. The first-order chi connectivity index (χ1) is 11.9. The van der Waals surface area contributed by atoms with E-state index in [1.165, 1.54) is 41.3 Å². The van der Waals surface area contributed by atoms with Crippen LogP contribution in [0, 0.1) is 0 Å². The lowest BCUT2D eigenvalue weighted by atomic mass is 10.1. The lowest BCUT2D eigenvalue weighted by Gasteiger charge is -2.14. The molecule has 0 radical (unpaired) electrons. The van der Waals surface area contributed by atoms with Gasteiger partial charge in [-0.3, -0.25) is 4.79 Å². The van der Waals surface area contributed by atoms with Gasteiger partial charge in [0, 0.05) is 16.3 Å².